The van der Waals surface area contributed by atoms with E-state index in [-0.39, 0.29) is 36.6 Å². The van der Waals surface area contributed by atoms with Gasteiger partial charge in [-0.05, 0) is 6.42 Å². The number of nitrogens with one attached hydrogen (secondary N) is 2. The van der Waals surface area contributed by atoms with E-state index in [1.807, 2.05) is 4.68 Å². The molecule has 12 heteroatoms. The van der Waals surface area contributed by atoms with Crippen molar-refractivity contribution in [2.24, 2.45) is 4.99 Å². The molecule has 0 aliphatic carbocycles. The molecule has 138 valence electrons. The monoisotopic (exact) mass is 487 g/mol. The summed E-state index contributed by atoms with van der Waals surface area (Å²) in [5.74, 6) is 1.48. The molecule has 2 aromatic rings. The van der Waals surface area contributed by atoms with Crippen LogP contribution in [0.2, 0.25) is 0 Å². The van der Waals surface area contributed by atoms with E-state index in [9.17, 15) is 13.2 Å². The Labute approximate surface area is 163 Å². The van der Waals surface area contributed by atoms with E-state index >= 15 is 0 Å². The summed E-state index contributed by atoms with van der Waals surface area (Å²) in [5.41, 5.74) is -0.863. The minimum absolute atomic E-state index is 0. The van der Waals surface area contributed by atoms with Crippen LogP contribution in [0.15, 0.2) is 16.7 Å². The van der Waals surface area contributed by atoms with Gasteiger partial charge in [-0.3, -0.25) is 4.99 Å². The molecule has 7 nitrogen and oxygen atoms in total. The number of alkyl halides is 3. The van der Waals surface area contributed by atoms with Crippen molar-refractivity contribution >= 4 is 41.3 Å². The summed E-state index contributed by atoms with van der Waals surface area (Å²) in [4.78, 5) is 11.9. The van der Waals surface area contributed by atoms with Crippen LogP contribution in [-0.2, 0) is 25.7 Å². The Morgan fingerprint density at radius 1 is 1.48 bits per heavy atom. The molecule has 3 heterocycles. The van der Waals surface area contributed by atoms with Crippen LogP contribution < -0.4 is 10.6 Å². The van der Waals surface area contributed by atoms with Crippen molar-refractivity contribution in [1.82, 2.24) is 30.4 Å². The smallest absolute Gasteiger partial charge is 0.352 e. The summed E-state index contributed by atoms with van der Waals surface area (Å²) in [7, 11) is 1.61. The minimum Gasteiger partial charge on any atom is -0.352 e. The van der Waals surface area contributed by atoms with Gasteiger partial charge in [-0.1, -0.05) is 0 Å². The number of halogens is 4. The number of rotatable bonds is 3. The topological polar surface area (TPSA) is 80.0 Å². The average molecular weight is 487 g/mol. The van der Waals surface area contributed by atoms with Gasteiger partial charge < -0.3 is 10.6 Å². The van der Waals surface area contributed by atoms with Gasteiger partial charge in [-0.25, -0.2) is 14.6 Å². The van der Waals surface area contributed by atoms with Gasteiger partial charge in [0.05, 0.1) is 13.1 Å². The van der Waals surface area contributed by atoms with Crippen molar-refractivity contribution in [2.45, 2.75) is 38.1 Å². The van der Waals surface area contributed by atoms with Crippen LogP contribution in [-0.4, -0.2) is 38.8 Å². The van der Waals surface area contributed by atoms with E-state index in [1.54, 1.807) is 7.05 Å². The summed E-state index contributed by atoms with van der Waals surface area (Å²) in [6.07, 6.45) is -1.18. The quantitative estimate of drug-likeness (QED) is 0.394. The summed E-state index contributed by atoms with van der Waals surface area (Å²) in [6.45, 7) is 0.854. The van der Waals surface area contributed by atoms with Crippen LogP contribution in [0, 0.1) is 0 Å². The number of aryl methyl sites for hydroxylation is 1. The second-order valence-electron chi connectivity index (χ2n) is 5.29. The molecule has 0 fully saturated rings. The van der Waals surface area contributed by atoms with Crippen LogP contribution in [0.4, 0.5) is 13.2 Å². The Morgan fingerprint density at radius 2 is 2.28 bits per heavy atom. The highest BCUT2D eigenvalue weighted by atomic mass is 127. The molecule has 25 heavy (non-hydrogen) atoms. The maximum atomic E-state index is 12.5. The molecule has 0 spiro atoms. The van der Waals surface area contributed by atoms with E-state index in [0.29, 0.717) is 17.5 Å². The highest BCUT2D eigenvalue weighted by Gasteiger charge is 2.33. The van der Waals surface area contributed by atoms with Gasteiger partial charge >= 0.3 is 6.18 Å². The number of fused-ring (bicyclic) bond motifs is 1. The molecule has 1 aliphatic heterocycles. The van der Waals surface area contributed by atoms with Crippen LogP contribution in [0.5, 0.6) is 0 Å². The van der Waals surface area contributed by atoms with Crippen molar-refractivity contribution in [3.8, 4) is 0 Å². The fraction of sp³-hybridized carbons (Fsp3) is 0.538. The number of aliphatic imine (C=N–C) groups is 1. The zero-order chi connectivity index (χ0) is 17.2. The van der Waals surface area contributed by atoms with Crippen molar-refractivity contribution in [3.63, 3.8) is 0 Å². The molecule has 0 radical (unpaired) electrons. The molecule has 0 saturated heterocycles. The Bertz CT molecular complexity index is 727. The van der Waals surface area contributed by atoms with Crippen molar-refractivity contribution < 1.29 is 13.2 Å². The van der Waals surface area contributed by atoms with Gasteiger partial charge in [-0.15, -0.1) is 35.3 Å². The normalized spacial score (nSPS) is 17.6. The number of hydrogen-bond acceptors (Lipinski definition) is 5. The van der Waals surface area contributed by atoms with E-state index in [2.05, 4.69) is 30.7 Å². The zero-order valence-corrected chi connectivity index (χ0v) is 16.4. The van der Waals surface area contributed by atoms with Crippen molar-refractivity contribution in [3.05, 3.63) is 28.2 Å². The first kappa shape index (κ1) is 19.9. The van der Waals surface area contributed by atoms with E-state index < -0.39 is 11.9 Å². The highest BCUT2D eigenvalue weighted by Crippen LogP contribution is 2.29. The minimum atomic E-state index is -4.41. The number of hydrogen-bond donors (Lipinski definition) is 2. The SMILES string of the molecule is CN=C(NCc1nc(C(F)(F)F)cs1)NC1CCc2ncnn2C1.I. The zero-order valence-electron chi connectivity index (χ0n) is 13.2. The lowest BCUT2D eigenvalue weighted by Crippen LogP contribution is -2.46. The molecule has 0 amide bonds. The second kappa shape index (κ2) is 8.29. The molecule has 0 saturated carbocycles. The third-order valence-electron chi connectivity index (χ3n) is 3.62. The number of thiazole rings is 1. The molecule has 1 unspecified atom stereocenters. The van der Waals surface area contributed by atoms with Gasteiger partial charge in [0.15, 0.2) is 11.7 Å². The average Bonchev–Trinajstić information content (AvgIpc) is 3.19. The first-order valence-corrected chi connectivity index (χ1v) is 8.19. The molecular weight excluding hydrogens is 470 g/mol. The fourth-order valence-electron chi connectivity index (χ4n) is 2.42. The first-order valence-electron chi connectivity index (χ1n) is 7.31. The maximum absolute atomic E-state index is 12.5. The molecule has 0 aromatic carbocycles. The maximum Gasteiger partial charge on any atom is 0.434 e. The molecular formula is C13H17F3IN7S. The fourth-order valence-corrected chi connectivity index (χ4v) is 3.17. The van der Waals surface area contributed by atoms with Crippen LogP contribution in [0.25, 0.3) is 0 Å². The van der Waals surface area contributed by atoms with Gasteiger partial charge in [0.25, 0.3) is 0 Å². The lowest BCUT2D eigenvalue weighted by atomic mass is 10.1. The molecule has 2 N–H and O–H groups in total. The van der Waals surface area contributed by atoms with Crippen LogP contribution in [0.3, 0.4) is 0 Å². The molecule has 1 aliphatic rings. The lowest BCUT2D eigenvalue weighted by Gasteiger charge is -2.25. The Hall–Kier alpha value is -1.44. The van der Waals surface area contributed by atoms with E-state index in [0.717, 1.165) is 35.4 Å². The summed E-state index contributed by atoms with van der Waals surface area (Å²) in [6, 6.07) is 0.132. The molecule has 3 rings (SSSR count). The Balaban J connectivity index is 0.00000225. The Morgan fingerprint density at radius 3 is 2.96 bits per heavy atom. The predicted molar refractivity (Wildman–Crippen MR) is 98.0 cm³/mol. The van der Waals surface area contributed by atoms with Crippen molar-refractivity contribution in [1.29, 1.82) is 0 Å². The second-order valence-corrected chi connectivity index (χ2v) is 6.23. The van der Waals surface area contributed by atoms with Gasteiger partial charge in [0.1, 0.15) is 17.2 Å². The van der Waals surface area contributed by atoms with Gasteiger partial charge in [-0.2, -0.15) is 18.3 Å². The summed E-state index contributed by atoms with van der Waals surface area (Å²) in [5, 5.41) is 11.8. The first-order chi connectivity index (χ1) is 11.5. The summed E-state index contributed by atoms with van der Waals surface area (Å²) < 4.78 is 39.5. The Kier molecular flexibility index (Phi) is 6.59. The van der Waals surface area contributed by atoms with Crippen LogP contribution >= 0.6 is 35.3 Å². The third-order valence-corrected chi connectivity index (χ3v) is 4.47. The van der Waals surface area contributed by atoms with Crippen molar-refractivity contribution in [2.75, 3.05) is 7.05 Å². The highest BCUT2D eigenvalue weighted by molar-refractivity contribution is 14.0. The van der Waals surface area contributed by atoms with Gasteiger partial charge in [0, 0.05) is 24.9 Å². The lowest BCUT2D eigenvalue weighted by molar-refractivity contribution is -0.140. The number of nitrogens with zero attached hydrogens (tertiary/aromatic N) is 5. The van der Waals surface area contributed by atoms with Gasteiger partial charge in [0.2, 0.25) is 0 Å². The third kappa shape index (κ3) is 5.03. The summed E-state index contributed by atoms with van der Waals surface area (Å²) >= 11 is 0.968. The predicted octanol–water partition coefficient (Wildman–Crippen LogP) is 2.05. The molecule has 0 bridgehead atoms. The number of aromatic nitrogens is 4. The standard InChI is InChI=1S/C13H16F3N7S.HI/c1-17-12(18-4-11-22-9(6-24-11)13(14,15)16)21-8-2-3-10-19-7-20-23(10)5-8;/h6-8H,2-5H2,1H3,(H2,17,18,21);1H. The molecule has 1 atom stereocenters. The largest absolute Gasteiger partial charge is 0.434 e. The number of guanidine groups is 1. The van der Waals surface area contributed by atoms with E-state index in [4.69, 9.17) is 0 Å². The molecule has 2 aromatic heterocycles. The van der Waals surface area contributed by atoms with Crippen LogP contribution in [0.1, 0.15) is 22.9 Å². The van der Waals surface area contributed by atoms with E-state index in [1.165, 1.54) is 6.33 Å².